The van der Waals surface area contributed by atoms with Gasteiger partial charge in [-0.25, -0.2) is 14.3 Å². The normalized spacial score (nSPS) is 17.5. The Hall–Kier alpha value is -4.70. The highest BCUT2D eigenvalue weighted by Gasteiger charge is 2.42. The monoisotopic (exact) mass is 423 g/mol. The molecule has 5 rings (SSSR count). The number of rotatable bonds is 3. The molecule has 0 saturated carbocycles. The van der Waals surface area contributed by atoms with Crippen molar-refractivity contribution in [3.63, 3.8) is 0 Å². The highest BCUT2D eigenvalue weighted by molar-refractivity contribution is 5.72. The van der Waals surface area contributed by atoms with Crippen molar-refractivity contribution in [1.82, 2.24) is 24.1 Å². The minimum Gasteiger partial charge on any atom is -0.368 e. The Labute approximate surface area is 182 Å². The maximum Gasteiger partial charge on any atom is 0.271 e. The molecule has 1 aliphatic rings. The van der Waals surface area contributed by atoms with Gasteiger partial charge in [-0.1, -0.05) is 25.1 Å². The Morgan fingerprint density at radius 3 is 2.75 bits per heavy atom. The summed E-state index contributed by atoms with van der Waals surface area (Å²) in [6.07, 6.45) is 3.01. The van der Waals surface area contributed by atoms with Gasteiger partial charge >= 0.3 is 0 Å². The van der Waals surface area contributed by atoms with Crippen molar-refractivity contribution in [2.45, 2.75) is 13.0 Å². The van der Waals surface area contributed by atoms with Crippen LogP contribution in [0.25, 0.3) is 16.0 Å². The maximum atomic E-state index is 13.6. The smallest absolute Gasteiger partial charge is 0.271 e. The molecule has 0 amide bonds. The lowest BCUT2D eigenvalue weighted by atomic mass is 9.89. The van der Waals surface area contributed by atoms with Crippen LogP contribution in [0.2, 0.25) is 0 Å². The van der Waals surface area contributed by atoms with Gasteiger partial charge in [-0.2, -0.15) is 15.3 Å². The van der Waals surface area contributed by atoms with E-state index in [-0.39, 0.29) is 34.7 Å². The molecule has 0 bridgehead atoms. The van der Waals surface area contributed by atoms with Gasteiger partial charge in [-0.15, -0.1) is 0 Å². The van der Waals surface area contributed by atoms with Gasteiger partial charge in [-0.05, 0) is 18.2 Å². The molecule has 2 atom stereocenters. The van der Waals surface area contributed by atoms with Gasteiger partial charge < -0.3 is 10.6 Å². The average molecular weight is 423 g/mol. The summed E-state index contributed by atoms with van der Waals surface area (Å²) >= 11 is 0. The first kappa shape index (κ1) is 19.3. The van der Waals surface area contributed by atoms with Crippen LogP contribution in [0.15, 0.2) is 53.6 Å². The van der Waals surface area contributed by atoms with E-state index < -0.39 is 0 Å². The summed E-state index contributed by atoms with van der Waals surface area (Å²) < 4.78 is 2.99. The van der Waals surface area contributed by atoms with Gasteiger partial charge in [0.2, 0.25) is 11.6 Å². The predicted molar refractivity (Wildman–Crippen MR) is 117 cm³/mol. The molecule has 32 heavy (non-hydrogen) atoms. The minimum atomic E-state index is -0.340. The van der Waals surface area contributed by atoms with Gasteiger partial charge in [0, 0.05) is 18.7 Å². The van der Waals surface area contributed by atoms with E-state index in [1.54, 1.807) is 12.3 Å². The molecule has 156 valence electrons. The zero-order chi connectivity index (χ0) is 22.4. The molecule has 0 unspecified atom stereocenters. The molecule has 1 saturated heterocycles. The molecule has 1 aromatic carbocycles. The van der Waals surface area contributed by atoms with Gasteiger partial charge in [0.25, 0.3) is 5.56 Å². The number of nitrogens with zero attached hydrogens (tertiary/aromatic N) is 8. The molecular weight excluding hydrogens is 406 g/mol. The summed E-state index contributed by atoms with van der Waals surface area (Å²) in [5.74, 6) is 1.08. The third-order valence-electron chi connectivity index (χ3n) is 5.63. The van der Waals surface area contributed by atoms with Crippen molar-refractivity contribution >= 4 is 23.0 Å². The number of fused-ring (bicyclic) bond motifs is 1. The summed E-state index contributed by atoms with van der Waals surface area (Å²) in [6, 6.07) is 12.5. The van der Waals surface area contributed by atoms with Crippen molar-refractivity contribution in [1.29, 1.82) is 5.26 Å². The SMILES string of the molecule is [C-]#[N+]c1ccn2nc([C@@H]3[C@@H](C)CN3c3nc(N)ncc3C#N)n(-c3ccccc3)c(=O)c12. The van der Waals surface area contributed by atoms with Crippen molar-refractivity contribution in [3.05, 3.63) is 82.0 Å². The fraction of sp³-hybridized carbons (Fsp3) is 0.182. The average Bonchev–Trinajstić information content (AvgIpc) is 3.21. The van der Waals surface area contributed by atoms with Crippen molar-refractivity contribution in [3.8, 4) is 11.8 Å². The number of benzene rings is 1. The first-order chi connectivity index (χ1) is 15.5. The van der Waals surface area contributed by atoms with E-state index >= 15 is 0 Å². The van der Waals surface area contributed by atoms with Gasteiger partial charge in [0.05, 0.1) is 24.5 Å². The lowest BCUT2D eigenvalue weighted by Crippen LogP contribution is -2.51. The Bertz CT molecular complexity index is 1490. The number of aromatic nitrogens is 5. The number of nitrogen functional groups attached to an aromatic ring is 1. The van der Waals surface area contributed by atoms with Crippen LogP contribution >= 0.6 is 0 Å². The number of nitrogens with two attached hydrogens (primary N) is 1. The highest BCUT2D eigenvalue weighted by Crippen LogP contribution is 2.42. The van der Waals surface area contributed by atoms with Gasteiger partial charge in [0.15, 0.2) is 11.6 Å². The largest absolute Gasteiger partial charge is 0.368 e. The van der Waals surface area contributed by atoms with E-state index in [1.165, 1.54) is 15.3 Å². The Kier molecular flexibility index (Phi) is 4.35. The highest BCUT2D eigenvalue weighted by atomic mass is 16.1. The molecule has 1 fully saturated rings. The number of nitriles is 1. The number of anilines is 2. The third-order valence-corrected chi connectivity index (χ3v) is 5.63. The van der Waals surface area contributed by atoms with E-state index in [4.69, 9.17) is 17.4 Å². The third kappa shape index (κ3) is 2.78. The van der Waals surface area contributed by atoms with Gasteiger partial charge in [-0.3, -0.25) is 9.36 Å². The molecule has 0 aliphatic carbocycles. The zero-order valence-corrected chi connectivity index (χ0v) is 17.0. The number of hydrogen-bond acceptors (Lipinski definition) is 7. The molecule has 1 aliphatic heterocycles. The van der Waals surface area contributed by atoms with Crippen LogP contribution in [0.3, 0.4) is 0 Å². The molecule has 0 spiro atoms. The van der Waals surface area contributed by atoms with E-state index in [1.807, 2.05) is 42.2 Å². The molecular formula is C22H17N9O. The first-order valence-corrected chi connectivity index (χ1v) is 9.90. The molecule has 10 heteroatoms. The second-order valence-corrected chi connectivity index (χ2v) is 7.59. The second-order valence-electron chi connectivity index (χ2n) is 7.59. The van der Waals surface area contributed by atoms with Crippen LogP contribution in [0.5, 0.6) is 0 Å². The molecule has 4 heterocycles. The first-order valence-electron chi connectivity index (χ1n) is 9.90. The summed E-state index contributed by atoms with van der Waals surface area (Å²) in [4.78, 5) is 27.2. The minimum absolute atomic E-state index is 0.0632. The Morgan fingerprint density at radius 2 is 2.06 bits per heavy atom. The van der Waals surface area contributed by atoms with E-state index in [2.05, 4.69) is 20.9 Å². The fourth-order valence-corrected chi connectivity index (χ4v) is 4.16. The zero-order valence-electron chi connectivity index (χ0n) is 17.0. The van der Waals surface area contributed by atoms with Crippen LogP contribution < -0.4 is 16.2 Å². The Balaban J connectivity index is 1.77. The van der Waals surface area contributed by atoms with Crippen LogP contribution in [0.4, 0.5) is 17.5 Å². The lowest BCUT2D eigenvalue weighted by Gasteiger charge is -2.47. The molecule has 4 aromatic rings. The van der Waals surface area contributed by atoms with Crippen molar-refractivity contribution < 1.29 is 0 Å². The predicted octanol–water partition coefficient (Wildman–Crippen LogP) is 2.48. The topological polar surface area (TPSA) is 122 Å². The summed E-state index contributed by atoms with van der Waals surface area (Å²) in [5.41, 5.74) is 6.85. The van der Waals surface area contributed by atoms with E-state index in [9.17, 15) is 10.1 Å². The molecule has 2 N–H and O–H groups in total. The summed E-state index contributed by atoms with van der Waals surface area (Å²) in [6.45, 7) is 10.1. The Morgan fingerprint density at radius 1 is 1.28 bits per heavy atom. The summed E-state index contributed by atoms with van der Waals surface area (Å²) in [5, 5.41) is 14.3. The lowest BCUT2D eigenvalue weighted by molar-refractivity contribution is 0.300. The standard InChI is InChI=1S/C22H17N9O/c1-13-12-29(19-14(10-23)11-26-22(24)27-19)17(13)20-28-30-9-8-16(25-2)18(30)21(32)31(20)15-6-4-3-5-7-15/h3-9,11,13,17H,12H2,1H3,(H2,24,26,27)/t13-,17-/m0/s1. The number of hydrogen-bond donors (Lipinski definition) is 1. The van der Waals surface area contributed by atoms with E-state index in [0.717, 1.165) is 0 Å². The van der Waals surface area contributed by atoms with Crippen molar-refractivity contribution in [2.24, 2.45) is 5.92 Å². The van der Waals surface area contributed by atoms with Crippen LogP contribution in [0, 0.1) is 23.8 Å². The van der Waals surface area contributed by atoms with Gasteiger partial charge in [0.1, 0.15) is 17.1 Å². The molecule has 10 nitrogen and oxygen atoms in total. The van der Waals surface area contributed by atoms with Crippen molar-refractivity contribution in [2.75, 3.05) is 17.2 Å². The van der Waals surface area contributed by atoms with E-state index in [0.29, 0.717) is 29.4 Å². The maximum absolute atomic E-state index is 13.6. The molecule has 0 radical (unpaired) electrons. The molecule has 3 aromatic heterocycles. The summed E-state index contributed by atoms with van der Waals surface area (Å²) in [7, 11) is 0. The van der Waals surface area contributed by atoms with Crippen LogP contribution in [-0.2, 0) is 0 Å². The quantitative estimate of drug-likeness (QED) is 0.502. The second kappa shape index (κ2) is 7.22. The number of para-hydroxylation sites is 1. The van der Waals surface area contributed by atoms with Crippen LogP contribution in [0.1, 0.15) is 24.4 Å². The van der Waals surface area contributed by atoms with Crippen LogP contribution in [-0.4, -0.2) is 30.7 Å². The fourth-order valence-electron chi connectivity index (χ4n) is 4.16.